The molecule has 5 nitrogen and oxygen atoms in total. The maximum Gasteiger partial charge on any atom is 0.274 e. The first-order valence-corrected chi connectivity index (χ1v) is 8.30. The molecule has 130 valence electrons. The highest BCUT2D eigenvalue weighted by atomic mass is 35.5. The van der Waals surface area contributed by atoms with E-state index in [1.165, 1.54) is 6.92 Å². The maximum atomic E-state index is 12.4. The number of Topliss-reactive ketones (excluding diaryl/α,β-unsaturated/α-hetero) is 1. The number of pyridine rings is 1. The van der Waals surface area contributed by atoms with Crippen LogP contribution in [0.1, 0.15) is 27.8 Å². The van der Waals surface area contributed by atoms with Crippen molar-refractivity contribution in [1.29, 1.82) is 0 Å². The Morgan fingerprint density at radius 1 is 0.923 bits per heavy atom. The number of carbonyl (C=O) groups excluding carboxylic acids is 2. The second kappa shape index (κ2) is 7.80. The summed E-state index contributed by atoms with van der Waals surface area (Å²) in [6.07, 6.45) is 1.55. The molecule has 1 heterocycles. The van der Waals surface area contributed by atoms with E-state index in [4.69, 9.17) is 11.6 Å². The van der Waals surface area contributed by atoms with E-state index in [1.54, 1.807) is 60.8 Å². The molecule has 0 unspecified atom stereocenters. The van der Waals surface area contributed by atoms with Gasteiger partial charge in [0.15, 0.2) is 5.78 Å². The van der Waals surface area contributed by atoms with Gasteiger partial charge in [0.25, 0.3) is 5.91 Å². The summed E-state index contributed by atoms with van der Waals surface area (Å²) >= 11 is 5.92. The Bertz CT molecular complexity index is 973. The van der Waals surface area contributed by atoms with Gasteiger partial charge >= 0.3 is 0 Å². The van der Waals surface area contributed by atoms with Crippen LogP contribution in [0.2, 0.25) is 5.02 Å². The van der Waals surface area contributed by atoms with Crippen molar-refractivity contribution in [3.05, 3.63) is 83.1 Å². The standard InChI is InChI=1S/C20H16ClN3O2/c1-13(25)14-4-2-6-16(10-14)23-18-8-9-22-19(12-18)20(26)24-17-7-3-5-15(21)11-17/h2-12H,1H3,(H,22,23)(H,24,26). The third-order valence-corrected chi connectivity index (χ3v) is 3.87. The monoisotopic (exact) mass is 365 g/mol. The van der Waals surface area contributed by atoms with Crippen LogP contribution in [0.15, 0.2) is 66.9 Å². The van der Waals surface area contributed by atoms with Crippen LogP contribution in [0.3, 0.4) is 0 Å². The van der Waals surface area contributed by atoms with E-state index in [0.717, 1.165) is 5.69 Å². The minimum Gasteiger partial charge on any atom is -0.355 e. The number of aromatic nitrogens is 1. The summed E-state index contributed by atoms with van der Waals surface area (Å²) in [7, 11) is 0. The Kier molecular flexibility index (Phi) is 5.29. The largest absolute Gasteiger partial charge is 0.355 e. The predicted molar refractivity (Wildman–Crippen MR) is 103 cm³/mol. The van der Waals surface area contributed by atoms with Gasteiger partial charge in [0, 0.05) is 33.8 Å². The van der Waals surface area contributed by atoms with Crippen molar-refractivity contribution >= 4 is 40.4 Å². The average molecular weight is 366 g/mol. The van der Waals surface area contributed by atoms with E-state index < -0.39 is 0 Å². The van der Waals surface area contributed by atoms with Gasteiger partial charge in [-0.1, -0.05) is 29.8 Å². The number of amides is 1. The van der Waals surface area contributed by atoms with Gasteiger partial charge in [-0.25, -0.2) is 0 Å². The SMILES string of the molecule is CC(=O)c1cccc(Nc2ccnc(C(=O)Nc3cccc(Cl)c3)c2)c1. The van der Waals surface area contributed by atoms with Gasteiger partial charge in [0.1, 0.15) is 5.69 Å². The van der Waals surface area contributed by atoms with Crippen LogP contribution in [0.4, 0.5) is 17.1 Å². The molecule has 0 fully saturated rings. The molecule has 3 rings (SSSR count). The van der Waals surface area contributed by atoms with E-state index in [2.05, 4.69) is 15.6 Å². The van der Waals surface area contributed by atoms with Gasteiger partial charge in [0.05, 0.1) is 0 Å². The fourth-order valence-corrected chi connectivity index (χ4v) is 2.57. The van der Waals surface area contributed by atoms with Crippen molar-refractivity contribution in [3.8, 4) is 0 Å². The zero-order chi connectivity index (χ0) is 18.5. The second-order valence-electron chi connectivity index (χ2n) is 5.66. The lowest BCUT2D eigenvalue weighted by atomic mass is 10.1. The van der Waals surface area contributed by atoms with Gasteiger partial charge in [-0.3, -0.25) is 14.6 Å². The molecule has 0 aliphatic carbocycles. The number of hydrogen-bond acceptors (Lipinski definition) is 4. The fourth-order valence-electron chi connectivity index (χ4n) is 2.38. The van der Waals surface area contributed by atoms with Crippen LogP contribution < -0.4 is 10.6 Å². The average Bonchev–Trinajstić information content (AvgIpc) is 2.62. The molecule has 6 heteroatoms. The predicted octanol–water partition coefficient (Wildman–Crippen LogP) is 4.93. The van der Waals surface area contributed by atoms with E-state index in [0.29, 0.717) is 22.0 Å². The number of anilines is 3. The number of ketones is 1. The molecule has 0 aliphatic heterocycles. The zero-order valence-electron chi connectivity index (χ0n) is 14.0. The number of rotatable bonds is 5. The van der Waals surface area contributed by atoms with Gasteiger partial charge < -0.3 is 10.6 Å². The molecule has 2 N–H and O–H groups in total. The molecule has 3 aromatic rings. The van der Waals surface area contributed by atoms with Crippen LogP contribution in [-0.2, 0) is 0 Å². The molecule has 0 spiro atoms. The first-order valence-electron chi connectivity index (χ1n) is 7.92. The van der Waals surface area contributed by atoms with Gasteiger partial charge in [0.2, 0.25) is 0 Å². The van der Waals surface area contributed by atoms with E-state index >= 15 is 0 Å². The van der Waals surface area contributed by atoms with Crippen LogP contribution in [0, 0.1) is 0 Å². The molecule has 0 radical (unpaired) electrons. The highest BCUT2D eigenvalue weighted by Gasteiger charge is 2.09. The molecule has 26 heavy (non-hydrogen) atoms. The molecule has 2 aromatic carbocycles. The molecule has 0 bridgehead atoms. The number of nitrogens with one attached hydrogen (secondary N) is 2. The van der Waals surface area contributed by atoms with Crippen LogP contribution in [0.25, 0.3) is 0 Å². The van der Waals surface area contributed by atoms with Gasteiger partial charge in [-0.2, -0.15) is 0 Å². The topological polar surface area (TPSA) is 71.1 Å². The van der Waals surface area contributed by atoms with Crippen LogP contribution in [-0.4, -0.2) is 16.7 Å². The Morgan fingerprint density at radius 2 is 1.65 bits per heavy atom. The molecular formula is C20H16ClN3O2. The number of halogens is 1. The highest BCUT2D eigenvalue weighted by molar-refractivity contribution is 6.30. The molecular weight excluding hydrogens is 350 g/mol. The van der Waals surface area contributed by atoms with Crippen LogP contribution in [0.5, 0.6) is 0 Å². The Hall–Kier alpha value is -3.18. The maximum absolute atomic E-state index is 12.4. The highest BCUT2D eigenvalue weighted by Crippen LogP contribution is 2.20. The van der Waals surface area contributed by atoms with E-state index in [-0.39, 0.29) is 17.4 Å². The van der Waals surface area contributed by atoms with Crippen LogP contribution >= 0.6 is 11.6 Å². The number of benzene rings is 2. The normalized spacial score (nSPS) is 10.2. The number of hydrogen-bond donors (Lipinski definition) is 2. The summed E-state index contributed by atoms with van der Waals surface area (Å²) in [6, 6.07) is 17.4. The lowest BCUT2D eigenvalue weighted by Gasteiger charge is -2.09. The van der Waals surface area contributed by atoms with Crippen molar-refractivity contribution in [2.75, 3.05) is 10.6 Å². The summed E-state index contributed by atoms with van der Waals surface area (Å²) in [5, 5.41) is 6.47. The second-order valence-corrected chi connectivity index (χ2v) is 6.09. The minimum atomic E-state index is -0.339. The zero-order valence-corrected chi connectivity index (χ0v) is 14.7. The lowest BCUT2D eigenvalue weighted by molar-refractivity contribution is 0.101. The molecule has 1 amide bonds. The Morgan fingerprint density at radius 3 is 2.42 bits per heavy atom. The number of carbonyl (C=O) groups is 2. The molecule has 1 aromatic heterocycles. The van der Waals surface area contributed by atoms with E-state index in [9.17, 15) is 9.59 Å². The number of nitrogens with zero attached hydrogens (tertiary/aromatic N) is 1. The first kappa shape index (κ1) is 17.6. The first-order chi connectivity index (χ1) is 12.5. The molecule has 0 aliphatic rings. The summed E-state index contributed by atoms with van der Waals surface area (Å²) in [6.45, 7) is 1.52. The third-order valence-electron chi connectivity index (χ3n) is 3.63. The quantitative estimate of drug-likeness (QED) is 0.628. The van der Waals surface area contributed by atoms with Gasteiger partial charge in [-0.15, -0.1) is 0 Å². The minimum absolute atomic E-state index is 0.00929. The van der Waals surface area contributed by atoms with Crippen molar-refractivity contribution in [1.82, 2.24) is 4.98 Å². The summed E-state index contributed by atoms with van der Waals surface area (Å²) in [5.41, 5.74) is 2.92. The van der Waals surface area contributed by atoms with Crippen molar-refractivity contribution in [2.24, 2.45) is 0 Å². The van der Waals surface area contributed by atoms with E-state index in [1.807, 2.05) is 6.07 Å². The molecule has 0 saturated heterocycles. The molecule has 0 saturated carbocycles. The Balaban J connectivity index is 1.76. The lowest BCUT2D eigenvalue weighted by Crippen LogP contribution is -2.13. The third kappa shape index (κ3) is 4.46. The van der Waals surface area contributed by atoms with Gasteiger partial charge in [-0.05, 0) is 49.4 Å². The summed E-state index contributed by atoms with van der Waals surface area (Å²) in [4.78, 5) is 28.0. The summed E-state index contributed by atoms with van der Waals surface area (Å²) < 4.78 is 0. The fraction of sp³-hybridized carbons (Fsp3) is 0.0500. The summed E-state index contributed by atoms with van der Waals surface area (Å²) in [5.74, 6) is -0.349. The van der Waals surface area contributed by atoms with Crippen molar-refractivity contribution < 1.29 is 9.59 Å². The smallest absolute Gasteiger partial charge is 0.274 e. The Labute approximate surface area is 156 Å². The molecule has 0 atom stereocenters. The van der Waals surface area contributed by atoms with Crippen molar-refractivity contribution in [3.63, 3.8) is 0 Å². The van der Waals surface area contributed by atoms with Crippen molar-refractivity contribution in [2.45, 2.75) is 6.92 Å².